The molecule has 1 aliphatic rings. The lowest BCUT2D eigenvalue weighted by atomic mass is 10.0. The summed E-state index contributed by atoms with van der Waals surface area (Å²) in [6, 6.07) is 4.38. The Morgan fingerprint density at radius 3 is 2.83 bits per heavy atom. The SMILES string of the molecule is NC(N)=NC(N)=N[C@@H]1CCOc2c(F)cccc21. The average Bonchev–Trinajstić information content (AvgIpc) is 2.29. The van der Waals surface area contributed by atoms with Crippen molar-refractivity contribution in [1.82, 2.24) is 0 Å². The molecular weight excluding hydrogens is 237 g/mol. The molecule has 0 saturated heterocycles. The van der Waals surface area contributed by atoms with Gasteiger partial charge in [-0.15, -0.1) is 0 Å². The lowest BCUT2D eigenvalue weighted by Gasteiger charge is -2.23. The van der Waals surface area contributed by atoms with E-state index in [0.29, 0.717) is 18.6 Å². The van der Waals surface area contributed by atoms with Gasteiger partial charge in [-0.3, -0.25) is 0 Å². The number of ether oxygens (including phenoxy) is 1. The summed E-state index contributed by atoms with van der Waals surface area (Å²) >= 11 is 0. The molecule has 0 fully saturated rings. The van der Waals surface area contributed by atoms with Crippen LogP contribution < -0.4 is 21.9 Å². The molecule has 0 saturated carbocycles. The number of nitrogens with zero attached hydrogens (tertiary/aromatic N) is 2. The zero-order valence-electron chi connectivity index (χ0n) is 9.64. The van der Waals surface area contributed by atoms with Crippen molar-refractivity contribution in [3.63, 3.8) is 0 Å². The number of rotatable bonds is 1. The first kappa shape index (κ1) is 12.2. The van der Waals surface area contributed by atoms with Gasteiger partial charge in [0.1, 0.15) is 0 Å². The Balaban J connectivity index is 2.34. The van der Waals surface area contributed by atoms with Crippen LogP contribution in [-0.2, 0) is 0 Å². The van der Waals surface area contributed by atoms with Gasteiger partial charge in [0.25, 0.3) is 0 Å². The number of aliphatic imine (C=N–C) groups is 2. The summed E-state index contributed by atoms with van der Waals surface area (Å²) in [4.78, 5) is 7.79. The first-order valence-corrected chi connectivity index (χ1v) is 5.42. The summed E-state index contributed by atoms with van der Waals surface area (Å²) in [7, 11) is 0. The Hall–Kier alpha value is -2.31. The molecule has 6 nitrogen and oxygen atoms in total. The van der Waals surface area contributed by atoms with Crippen molar-refractivity contribution in [1.29, 1.82) is 0 Å². The van der Waals surface area contributed by atoms with Gasteiger partial charge in [-0.25, -0.2) is 9.38 Å². The lowest BCUT2D eigenvalue weighted by molar-refractivity contribution is 0.256. The van der Waals surface area contributed by atoms with E-state index in [-0.39, 0.29) is 23.7 Å². The monoisotopic (exact) mass is 251 g/mol. The largest absolute Gasteiger partial charge is 0.490 e. The number of hydrogen-bond donors (Lipinski definition) is 3. The van der Waals surface area contributed by atoms with Gasteiger partial charge in [0.15, 0.2) is 17.5 Å². The van der Waals surface area contributed by atoms with Gasteiger partial charge in [0.2, 0.25) is 5.96 Å². The Kier molecular flexibility index (Phi) is 3.31. The Morgan fingerprint density at radius 1 is 1.33 bits per heavy atom. The van der Waals surface area contributed by atoms with Crippen molar-refractivity contribution in [2.75, 3.05) is 6.61 Å². The molecule has 0 spiro atoms. The Bertz CT molecular complexity index is 510. The van der Waals surface area contributed by atoms with Crippen LogP contribution in [0.2, 0.25) is 0 Å². The summed E-state index contributed by atoms with van der Waals surface area (Å²) < 4.78 is 18.8. The van der Waals surface area contributed by atoms with E-state index in [0.717, 1.165) is 0 Å². The molecule has 6 N–H and O–H groups in total. The van der Waals surface area contributed by atoms with Crippen LogP contribution in [0.4, 0.5) is 4.39 Å². The van der Waals surface area contributed by atoms with E-state index in [2.05, 4.69) is 9.98 Å². The second-order valence-electron chi connectivity index (χ2n) is 3.84. The topological polar surface area (TPSA) is 112 Å². The smallest absolute Gasteiger partial charge is 0.219 e. The standard InChI is InChI=1S/C11H14FN5O/c12-7-3-1-2-6-8(4-5-18-9(6)7)16-11(15)17-10(13)14/h1-3,8H,4-5H2,(H6,13,14,15,16,17)/t8-/m1/s1. The molecule has 1 atom stereocenters. The summed E-state index contributed by atoms with van der Waals surface area (Å²) in [6.45, 7) is 0.372. The van der Waals surface area contributed by atoms with Crippen molar-refractivity contribution in [2.45, 2.75) is 12.5 Å². The van der Waals surface area contributed by atoms with Crippen LogP contribution in [0.5, 0.6) is 5.75 Å². The van der Waals surface area contributed by atoms with Crippen LogP contribution in [0.3, 0.4) is 0 Å². The summed E-state index contributed by atoms with van der Waals surface area (Å²) in [5.41, 5.74) is 16.6. The zero-order chi connectivity index (χ0) is 13.1. The van der Waals surface area contributed by atoms with Gasteiger partial charge in [-0.05, 0) is 6.07 Å². The molecule has 0 aliphatic carbocycles. The first-order valence-electron chi connectivity index (χ1n) is 5.42. The van der Waals surface area contributed by atoms with Crippen LogP contribution >= 0.6 is 0 Å². The summed E-state index contributed by atoms with van der Waals surface area (Å²) in [6.07, 6.45) is 0.594. The molecule has 2 rings (SSSR count). The van der Waals surface area contributed by atoms with Gasteiger partial charge >= 0.3 is 0 Å². The van der Waals surface area contributed by atoms with E-state index in [1.54, 1.807) is 12.1 Å². The van der Waals surface area contributed by atoms with E-state index < -0.39 is 5.82 Å². The highest BCUT2D eigenvalue weighted by Crippen LogP contribution is 2.36. The predicted octanol–water partition coefficient (Wildman–Crippen LogP) is 0.237. The molecule has 18 heavy (non-hydrogen) atoms. The van der Waals surface area contributed by atoms with Crippen LogP contribution in [0.25, 0.3) is 0 Å². The van der Waals surface area contributed by atoms with Gasteiger partial charge in [-0.2, -0.15) is 4.99 Å². The van der Waals surface area contributed by atoms with E-state index >= 15 is 0 Å². The van der Waals surface area contributed by atoms with Crippen LogP contribution in [0.1, 0.15) is 18.0 Å². The van der Waals surface area contributed by atoms with Crippen molar-refractivity contribution >= 4 is 11.9 Å². The van der Waals surface area contributed by atoms with E-state index in [9.17, 15) is 4.39 Å². The third-order valence-corrected chi connectivity index (χ3v) is 2.53. The van der Waals surface area contributed by atoms with Crippen molar-refractivity contribution in [3.8, 4) is 5.75 Å². The van der Waals surface area contributed by atoms with Gasteiger partial charge in [0, 0.05) is 12.0 Å². The molecule has 7 heteroatoms. The van der Waals surface area contributed by atoms with E-state index in [1.165, 1.54) is 6.07 Å². The summed E-state index contributed by atoms with van der Waals surface area (Å²) in [5.74, 6) is -0.386. The lowest BCUT2D eigenvalue weighted by Crippen LogP contribution is -2.27. The number of benzene rings is 1. The van der Waals surface area contributed by atoms with Crippen molar-refractivity contribution in [3.05, 3.63) is 29.6 Å². The molecule has 0 aromatic heterocycles. The third kappa shape index (κ3) is 2.50. The van der Waals surface area contributed by atoms with Gasteiger partial charge in [-0.1, -0.05) is 12.1 Å². The molecule has 96 valence electrons. The van der Waals surface area contributed by atoms with Crippen molar-refractivity contribution < 1.29 is 9.13 Å². The normalized spacial score (nSPS) is 18.7. The molecule has 1 aromatic carbocycles. The van der Waals surface area contributed by atoms with Crippen LogP contribution in [0, 0.1) is 5.82 Å². The molecule has 0 bridgehead atoms. The quantitative estimate of drug-likeness (QED) is 0.490. The number of para-hydroxylation sites is 1. The van der Waals surface area contributed by atoms with Crippen LogP contribution in [0.15, 0.2) is 28.2 Å². The second kappa shape index (κ2) is 4.91. The fourth-order valence-corrected chi connectivity index (χ4v) is 1.82. The fraction of sp³-hybridized carbons (Fsp3) is 0.273. The van der Waals surface area contributed by atoms with E-state index in [1.807, 2.05) is 0 Å². The minimum atomic E-state index is -0.409. The average molecular weight is 251 g/mol. The van der Waals surface area contributed by atoms with E-state index in [4.69, 9.17) is 21.9 Å². The minimum Gasteiger partial charge on any atom is -0.490 e. The Labute approximate surface area is 103 Å². The minimum absolute atomic E-state index is 0.0305. The third-order valence-electron chi connectivity index (χ3n) is 2.53. The van der Waals surface area contributed by atoms with Gasteiger partial charge in [0.05, 0.1) is 12.6 Å². The highest BCUT2D eigenvalue weighted by molar-refractivity contribution is 5.92. The molecule has 0 unspecified atom stereocenters. The molecule has 1 aliphatic heterocycles. The molecular formula is C11H14FN5O. The molecule has 1 heterocycles. The second-order valence-corrected chi connectivity index (χ2v) is 3.84. The predicted molar refractivity (Wildman–Crippen MR) is 66.7 cm³/mol. The number of fused-ring (bicyclic) bond motifs is 1. The maximum atomic E-state index is 13.5. The Morgan fingerprint density at radius 2 is 2.11 bits per heavy atom. The fourth-order valence-electron chi connectivity index (χ4n) is 1.82. The summed E-state index contributed by atoms with van der Waals surface area (Å²) in [5, 5.41) is 0. The highest BCUT2D eigenvalue weighted by atomic mass is 19.1. The maximum Gasteiger partial charge on any atom is 0.219 e. The number of halogens is 1. The molecule has 0 amide bonds. The highest BCUT2D eigenvalue weighted by Gasteiger charge is 2.23. The van der Waals surface area contributed by atoms with Crippen molar-refractivity contribution in [2.24, 2.45) is 27.2 Å². The molecule has 1 aromatic rings. The maximum absolute atomic E-state index is 13.5. The number of nitrogens with two attached hydrogens (primary N) is 3. The number of guanidine groups is 2. The van der Waals surface area contributed by atoms with Crippen LogP contribution in [-0.4, -0.2) is 18.5 Å². The number of hydrogen-bond acceptors (Lipinski definition) is 2. The molecule has 0 radical (unpaired) electrons. The first-order chi connectivity index (χ1) is 8.58. The van der Waals surface area contributed by atoms with Gasteiger partial charge < -0.3 is 21.9 Å². The zero-order valence-corrected chi connectivity index (χ0v) is 9.64.